The summed E-state index contributed by atoms with van der Waals surface area (Å²) in [5, 5.41) is 8.70. The first kappa shape index (κ1) is 9.70. The molecule has 4 nitrogen and oxygen atoms in total. The van der Waals surface area contributed by atoms with Crippen molar-refractivity contribution in [1.82, 2.24) is 0 Å². The molecule has 1 N–H and O–H groups in total. The Balaban J connectivity index is 2.68. The summed E-state index contributed by atoms with van der Waals surface area (Å²) in [6, 6.07) is 0.774. The van der Waals surface area contributed by atoms with Gasteiger partial charge in [0.25, 0.3) is 0 Å². The number of carboxylic acid groups (broad SMARTS) is 1. The zero-order valence-electron chi connectivity index (χ0n) is 7.42. The van der Waals surface area contributed by atoms with Crippen LogP contribution < -0.4 is 9.47 Å². The van der Waals surface area contributed by atoms with Crippen molar-refractivity contribution in [2.75, 3.05) is 13.2 Å². The molecule has 0 unspecified atom stereocenters. The van der Waals surface area contributed by atoms with Crippen molar-refractivity contribution in [3.63, 3.8) is 0 Å². The van der Waals surface area contributed by atoms with Crippen LogP contribution in [-0.4, -0.2) is 24.3 Å². The number of carbonyl (C=O) groups is 1. The third-order valence-electron chi connectivity index (χ3n) is 1.94. The molecule has 15 heavy (non-hydrogen) atoms. The van der Waals surface area contributed by atoms with E-state index in [4.69, 9.17) is 14.6 Å². The van der Waals surface area contributed by atoms with E-state index in [9.17, 15) is 13.6 Å². The predicted molar refractivity (Wildman–Crippen MR) is 44.3 cm³/mol. The highest BCUT2D eigenvalue weighted by Crippen LogP contribution is 2.36. The minimum Gasteiger partial charge on any atom is -0.486 e. The van der Waals surface area contributed by atoms with Gasteiger partial charge in [0.1, 0.15) is 18.8 Å². The number of benzene rings is 1. The zero-order chi connectivity index (χ0) is 11.0. The first-order valence-corrected chi connectivity index (χ1v) is 4.12. The van der Waals surface area contributed by atoms with Crippen LogP contribution in [-0.2, 0) is 0 Å². The van der Waals surface area contributed by atoms with E-state index in [1.165, 1.54) is 0 Å². The van der Waals surface area contributed by atoms with E-state index in [2.05, 4.69) is 0 Å². The number of rotatable bonds is 1. The number of hydrogen-bond acceptors (Lipinski definition) is 3. The Labute approximate surface area is 83.0 Å². The molecule has 1 aliphatic heterocycles. The Bertz CT molecular complexity index is 431. The van der Waals surface area contributed by atoms with E-state index in [0.29, 0.717) is 0 Å². The number of aromatic carboxylic acids is 1. The van der Waals surface area contributed by atoms with Crippen LogP contribution in [0.25, 0.3) is 0 Å². The van der Waals surface area contributed by atoms with Crippen molar-refractivity contribution in [1.29, 1.82) is 0 Å². The van der Waals surface area contributed by atoms with Crippen LogP contribution >= 0.6 is 0 Å². The van der Waals surface area contributed by atoms with Gasteiger partial charge in [0.15, 0.2) is 23.1 Å². The average molecular weight is 216 g/mol. The van der Waals surface area contributed by atoms with E-state index < -0.39 is 23.2 Å². The molecular weight excluding hydrogens is 210 g/mol. The number of fused-ring (bicyclic) bond motifs is 1. The maximum atomic E-state index is 13.1. The molecule has 1 aliphatic rings. The number of halogens is 2. The fourth-order valence-electron chi connectivity index (χ4n) is 1.32. The molecule has 0 saturated heterocycles. The van der Waals surface area contributed by atoms with Crippen LogP contribution in [0.15, 0.2) is 6.07 Å². The molecule has 2 rings (SSSR count). The van der Waals surface area contributed by atoms with Gasteiger partial charge in [-0.1, -0.05) is 0 Å². The van der Waals surface area contributed by atoms with Gasteiger partial charge in [0.05, 0.1) is 0 Å². The van der Waals surface area contributed by atoms with Gasteiger partial charge in [0.2, 0.25) is 0 Å². The van der Waals surface area contributed by atoms with Gasteiger partial charge in [-0.3, -0.25) is 0 Å². The van der Waals surface area contributed by atoms with Crippen LogP contribution in [0, 0.1) is 11.6 Å². The normalized spacial score (nSPS) is 13.7. The van der Waals surface area contributed by atoms with E-state index in [0.717, 1.165) is 6.07 Å². The minimum atomic E-state index is -1.59. The van der Waals surface area contributed by atoms with E-state index in [1.54, 1.807) is 0 Å². The molecule has 0 aliphatic carbocycles. The highest BCUT2D eigenvalue weighted by Gasteiger charge is 2.27. The fourth-order valence-corrected chi connectivity index (χ4v) is 1.32. The van der Waals surface area contributed by atoms with E-state index >= 15 is 0 Å². The van der Waals surface area contributed by atoms with Crippen molar-refractivity contribution in [2.24, 2.45) is 0 Å². The molecule has 6 heteroatoms. The highest BCUT2D eigenvalue weighted by atomic mass is 19.2. The monoisotopic (exact) mass is 216 g/mol. The Morgan fingerprint density at radius 3 is 2.67 bits per heavy atom. The molecule has 80 valence electrons. The largest absolute Gasteiger partial charge is 0.486 e. The highest BCUT2D eigenvalue weighted by molar-refractivity contribution is 5.92. The van der Waals surface area contributed by atoms with Gasteiger partial charge in [-0.15, -0.1) is 0 Å². The lowest BCUT2D eigenvalue weighted by atomic mass is 10.1. The van der Waals surface area contributed by atoms with Crippen LogP contribution in [0.1, 0.15) is 10.4 Å². The molecule has 0 amide bonds. The van der Waals surface area contributed by atoms with Gasteiger partial charge < -0.3 is 14.6 Å². The van der Waals surface area contributed by atoms with Crippen molar-refractivity contribution < 1.29 is 28.2 Å². The van der Waals surface area contributed by atoms with Gasteiger partial charge >= 0.3 is 5.97 Å². The van der Waals surface area contributed by atoms with Gasteiger partial charge in [-0.25, -0.2) is 13.6 Å². The smallest absolute Gasteiger partial charge is 0.342 e. The second-order valence-corrected chi connectivity index (χ2v) is 2.88. The summed E-state index contributed by atoms with van der Waals surface area (Å²) >= 11 is 0. The number of ether oxygens (including phenoxy) is 2. The first-order valence-electron chi connectivity index (χ1n) is 4.12. The quantitative estimate of drug-likeness (QED) is 0.771. The number of carboxylic acids is 1. The molecule has 1 aromatic carbocycles. The Kier molecular flexibility index (Phi) is 2.18. The minimum absolute atomic E-state index is 0.0856. The molecule has 0 saturated carbocycles. The second-order valence-electron chi connectivity index (χ2n) is 2.88. The summed E-state index contributed by atoms with van der Waals surface area (Å²) in [5.74, 6) is -4.64. The van der Waals surface area contributed by atoms with Crippen LogP contribution in [0.3, 0.4) is 0 Å². The summed E-state index contributed by atoms with van der Waals surface area (Å²) in [4.78, 5) is 10.7. The lowest BCUT2D eigenvalue weighted by molar-refractivity contribution is 0.0678. The molecule has 0 aromatic heterocycles. The Hall–Kier alpha value is -1.85. The molecular formula is C9H6F2O4. The SMILES string of the molecule is O=C(O)c1c(F)c(F)cc2c1OCCO2. The maximum absolute atomic E-state index is 13.1. The van der Waals surface area contributed by atoms with Crippen LogP contribution in [0.2, 0.25) is 0 Å². The molecule has 0 radical (unpaired) electrons. The van der Waals surface area contributed by atoms with E-state index in [-0.39, 0.29) is 24.7 Å². The van der Waals surface area contributed by atoms with Crippen molar-refractivity contribution >= 4 is 5.97 Å². The summed E-state index contributed by atoms with van der Waals surface area (Å²) in [6.07, 6.45) is 0. The summed E-state index contributed by atoms with van der Waals surface area (Å²) in [6.45, 7) is 0.287. The van der Waals surface area contributed by atoms with Crippen molar-refractivity contribution in [3.05, 3.63) is 23.3 Å². The van der Waals surface area contributed by atoms with Crippen LogP contribution in [0.4, 0.5) is 8.78 Å². The summed E-state index contributed by atoms with van der Waals surface area (Å²) < 4.78 is 36.0. The van der Waals surface area contributed by atoms with Gasteiger partial charge in [0, 0.05) is 6.07 Å². The topological polar surface area (TPSA) is 55.8 Å². The second kappa shape index (κ2) is 3.38. The Morgan fingerprint density at radius 2 is 2.00 bits per heavy atom. The molecule has 0 spiro atoms. The van der Waals surface area contributed by atoms with Crippen LogP contribution in [0.5, 0.6) is 11.5 Å². The number of hydrogen-bond donors (Lipinski definition) is 1. The van der Waals surface area contributed by atoms with E-state index in [1.807, 2.05) is 0 Å². The van der Waals surface area contributed by atoms with Crippen molar-refractivity contribution in [2.45, 2.75) is 0 Å². The summed E-state index contributed by atoms with van der Waals surface area (Å²) in [7, 11) is 0. The maximum Gasteiger partial charge on any atom is 0.342 e. The van der Waals surface area contributed by atoms with Gasteiger partial charge in [-0.05, 0) is 0 Å². The molecule has 0 atom stereocenters. The van der Waals surface area contributed by atoms with Gasteiger partial charge in [-0.2, -0.15) is 0 Å². The molecule has 0 fully saturated rings. The average Bonchev–Trinajstić information content (AvgIpc) is 2.19. The lowest BCUT2D eigenvalue weighted by Crippen LogP contribution is -2.19. The molecule has 1 heterocycles. The Morgan fingerprint density at radius 1 is 1.33 bits per heavy atom. The molecule has 0 bridgehead atoms. The third kappa shape index (κ3) is 1.47. The molecule has 1 aromatic rings. The zero-order valence-corrected chi connectivity index (χ0v) is 7.42. The third-order valence-corrected chi connectivity index (χ3v) is 1.94. The fraction of sp³-hybridized carbons (Fsp3) is 0.222. The summed E-state index contributed by atoms with van der Waals surface area (Å²) in [5.41, 5.74) is -0.829. The lowest BCUT2D eigenvalue weighted by Gasteiger charge is -2.20. The standard InChI is InChI=1S/C9H6F2O4/c10-4-3-5-8(15-2-1-14-5)6(7(4)11)9(12)13/h3H,1-2H2,(H,12,13). The van der Waals surface area contributed by atoms with Crippen molar-refractivity contribution in [3.8, 4) is 11.5 Å². The predicted octanol–water partition coefficient (Wildman–Crippen LogP) is 1.43. The first-order chi connectivity index (χ1) is 7.11.